The molecule has 1 N–H and O–H groups in total. The van der Waals surface area contributed by atoms with Gasteiger partial charge in [0.2, 0.25) is 5.91 Å². The van der Waals surface area contributed by atoms with Crippen LogP contribution >= 0.6 is 22.9 Å². The van der Waals surface area contributed by atoms with Gasteiger partial charge in [-0.2, -0.15) is 0 Å². The molecule has 30 heavy (non-hydrogen) atoms. The van der Waals surface area contributed by atoms with Crippen LogP contribution in [0.5, 0.6) is 5.75 Å². The minimum absolute atomic E-state index is 0.281. The maximum atomic E-state index is 12.3. The van der Waals surface area contributed by atoms with Crippen LogP contribution in [0.25, 0.3) is 17.0 Å². The number of nitrogens with one attached hydrogen (secondary N) is 1. The minimum atomic E-state index is -0.281. The number of hydrogen-bond donors (Lipinski definition) is 1. The van der Waals surface area contributed by atoms with E-state index in [1.165, 1.54) is 28.5 Å². The van der Waals surface area contributed by atoms with Gasteiger partial charge in [0.25, 0.3) is 0 Å². The Morgan fingerprint density at radius 2 is 2.07 bits per heavy atom. The van der Waals surface area contributed by atoms with Gasteiger partial charge in [0.15, 0.2) is 16.5 Å². The van der Waals surface area contributed by atoms with Gasteiger partial charge in [0, 0.05) is 40.0 Å². The molecule has 4 aromatic rings. The van der Waals surface area contributed by atoms with E-state index in [9.17, 15) is 4.79 Å². The topological polar surface area (TPSA) is 64.4 Å². The van der Waals surface area contributed by atoms with Crippen LogP contribution in [0.4, 0.5) is 5.13 Å². The second-order valence-corrected chi connectivity index (χ2v) is 8.34. The number of hydrogen-bond acceptors (Lipinski definition) is 5. The first-order chi connectivity index (χ1) is 14.5. The summed E-state index contributed by atoms with van der Waals surface area (Å²) in [5, 5.41) is 4.71. The number of nitrogens with zero attached hydrogens (tertiary/aromatic N) is 1. The fourth-order valence-electron chi connectivity index (χ4n) is 3.00. The Balaban J connectivity index is 1.41. The maximum Gasteiger partial charge on any atom is 0.250 e. The van der Waals surface area contributed by atoms with E-state index in [0.717, 1.165) is 16.7 Å². The zero-order valence-electron chi connectivity index (χ0n) is 16.4. The molecular formula is C23H19ClN2O3S. The van der Waals surface area contributed by atoms with Gasteiger partial charge in [-0.1, -0.05) is 41.4 Å². The van der Waals surface area contributed by atoms with E-state index in [0.29, 0.717) is 27.2 Å². The lowest BCUT2D eigenvalue weighted by Crippen LogP contribution is -2.06. The molecule has 4 rings (SSSR count). The highest BCUT2D eigenvalue weighted by molar-refractivity contribution is 7.15. The third-order valence-corrected chi connectivity index (χ3v) is 5.60. The van der Waals surface area contributed by atoms with Crippen molar-refractivity contribution in [3.63, 3.8) is 0 Å². The fourth-order valence-corrected chi connectivity index (χ4v) is 4.06. The van der Waals surface area contributed by atoms with Gasteiger partial charge in [-0.15, -0.1) is 11.3 Å². The third kappa shape index (κ3) is 4.72. The van der Waals surface area contributed by atoms with Crippen molar-refractivity contribution in [1.29, 1.82) is 0 Å². The van der Waals surface area contributed by atoms with Gasteiger partial charge in [-0.05, 0) is 30.7 Å². The molecule has 2 aromatic heterocycles. The number of carbonyl (C=O) groups is 1. The number of ether oxygens (including phenoxy) is 1. The number of anilines is 1. The maximum absolute atomic E-state index is 12.3. The van der Waals surface area contributed by atoms with Crippen LogP contribution < -0.4 is 10.1 Å². The van der Waals surface area contributed by atoms with Gasteiger partial charge in [-0.3, -0.25) is 10.1 Å². The predicted molar refractivity (Wildman–Crippen MR) is 122 cm³/mol. The van der Waals surface area contributed by atoms with E-state index in [-0.39, 0.29) is 5.91 Å². The standard InChI is InChI=1S/C23H19ClN2O3S/c1-14-3-5-15(6-4-14)9-19-13-25-23(30-19)26-21(27)8-7-18-11-16-10-17(24)12-20(28-2)22(16)29-18/h3-8,10-13H,9H2,1-2H3,(H,25,26,27). The molecule has 0 aliphatic heterocycles. The molecule has 7 heteroatoms. The number of benzene rings is 2. The molecule has 0 aliphatic carbocycles. The summed E-state index contributed by atoms with van der Waals surface area (Å²) in [5.74, 6) is 0.794. The Kier molecular flexibility index (Phi) is 5.88. The van der Waals surface area contributed by atoms with E-state index in [1.807, 2.05) is 0 Å². The van der Waals surface area contributed by atoms with E-state index in [2.05, 4.69) is 41.5 Å². The highest BCUT2D eigenvalue weighted by Gasteiger charge is 2.10. The number of aryl methyl sites for hydroxylation is 1. The van der Waals surface area contributed by atoms with E-state index in [1.54, 1.807) is 37.6 Å². The van der Waals surface area contributed by atoms with E-state index >= 15 is 0 Å². The largest absolute Gasteiger partial charge is 0.493 e. The molecule has 0 radical (unpaired) electrons. The van der Waals surface area contributed by atoms with Crippen LogP contribution in [0.3, 0.4) is 0 Å². The lowest BCUT2D eigenvalue weighted by Gasteiger charge is -2.00. The normalized spacial score (nSPS) is 11.3. The van der Waals surface area contributed by atoms with E-state index < -0.39 is 0 Å². The summed E-state index contributed by atoms with van der Waals surface area (Å²) < 4.78 is 11.0. The molecule has 0 unspecified atom stereocenters. The molecule has 0 spiro atoms. The second kappa shape index (κ2) is 8.73. The molecule has 2 heterocycles. The van der Waals surface area contributed by atoms with Crippen LogP contribution in [0, 0.1) is 6.92 Å². The first-order valence-corrected chi connectivity index (χ1v) is 10.5. The Bertz CT molecular complexity index is 1230. The van der Waals surface area contributed by atoms with Gasteiger partial charge in [-0.25, -0.2) is 4.98 Å². The van der Waals surface area contributed by atoms with E-state index in [4.69, 9.17) is 20.8 Å². The number of methoxy groups -OCH3 is 1. The molecule has 0 atom stereocenters. The highest BCUT2D eigenvalue weighted by Crippen LogP contribution is 2.32. The zero-order valence-corrected chi connectivity index (χ0v) is 18.0. The summed E-state index contributed by atoms with van der Waals surface area (Å²) in [4.78, 5) is 17.6. The average Bonchev–Trinajstić information content (AvgIpc) is 3.33. The van der Waals surface area contributed by atoms with Crippen LogP contribution in [0.15, 0.2) is 59.2 Å². The summed E-state index contributed by atoms with van der Waals surface area (Å²) in [6.45, 7) is 2.06. The van der Waals surface area contributed by atoms with Crippen molar-refractivity contribution in [1.82, 2.24) is 4.98 Å². The lowest BCUT2D eigenvalue weighted by atomic mass is 10.1. The molecule has 0 saturated heterocycles. The van der Waals surface area contributed by atoms with Crippen LogP contribution in [-0.2, 0) is 11.2 Å². The predicted octanol–water partition coefficient (Wildman–Crippen LogP) is 6.10. The summed E-state index contributed by atoms with van der Waals surface area (Å²) >= 11 is 7.54. The highest BCUT2D eigenvalue weighted by atomic mass is 35.5. The summed E-state index contributed by atoms with van der Waals surface area (Å²) in [6, 6.07) is 13.7. The first-order valence-electron chi connectivity index (χ1n) is 9.26. The van der Waals surface area contributed by atoms with Crippen LogP contribution in [0.1, 0.15) is 21.8 Å². The van der Waals surface area contributed by atoms with Gasteiger partial charge >= 0.3 is 0 Å². The zero-order chi connectivity index (χ0) is 21.1. The fraction of sp³-hybridized carbons (Fsp3) is 0.130. The first kappa shape index (κ1) is 20.2. The molecular weight excluding hydrogens is 420 g/mol. The van der Waals surface area contributed by atoms with Crippen molar-refractivity contribution in [2.75, 3.05) is 12.4 Å². The number of carbonyl (C=O) groups excluding carboxylic acids is 1. The SMILES string of the molecule is COc1cc(Cl)cc2cc(C=CC(=O)Nc3ncc(Cc4ccc(C)cc4)s3)oc12. The number of halogens is 1. The van der Waals surface area contributed by atoms with Crippen LogP contribution in [0.2, 0.25) is 5.02 Å². The molecule has 0 saturated carbocycles. The molecule has 1 amide bonds. The van der Waals surface area contributed by atoms with Crippen molar-refractivity contribution < 1.29 is 13.9 Å². The summed E-state index contributed by atoms with van der Waals surface area (Å²) in [6.07, 6.45) is 5.59. The molecule has 0 bridgehead atoms. The minimum Gasteiger partial charge on any atom is -0.493 e. The molecule has 0 fully saturated rings. The van der Waals surface area contributed by atoms with Crippen molar-refractivity contribution >= 4 is 51.0 Å². The monoisotopic (exact) mass is 438 g/mol. The average molecular weight is 439 g/mol. The third-order valence-electron chi connectivity index (χ3n) is 4.47. The number of aromatic nitrogens is 1. The van der Waals surface area contributed by atoms with Crippen molar-refractivity contribution in [2.24, 2.45) is 0 Å². The second-order valence-electron chi connectivity index (χ2n) is 6.79. The Hall–Kier alpha value is -3.09. The number of fused-ring (bicyclic) bond motifs is 1. The van der Waals surface area contributed by atoms with Gasteiger partial charge in [0.05, 0.1) is 7.11 Å². The smallest absolute Gasteiger partial charge is 0.250 e. The quantitative estimate of drug-likeness (QED) is 0.369. The summed E-state index contributed by atoms with van der Waals surface area (Å²) in [5.41, 5.74) is 3.03. The molecule has 2 aromatic carbocycles. The molecule has 0 aliphatic rings. The number of thiazole rings is 1. The van der Waals surface area contributed by atoms with Gasteiger partial charge < -0.3 is 9.15 Å². The van der Waals surface area contributed by atoms with Gasteiger partial charge in [0.1, 0.15) is 5.76 Å². The molecule has 152 valence electrons. The molecule has 5 nitrogen and oxygen atoms in total. The van der Waals surface area contributed by atoms with Crippen molar-refractivity contribution in [3.05, 3.63) is 81.5 Å². The number of furan rings is 1. The lowest BCUT2D eigenvalue weighted by molar-refractivity contribution is -0.111. The van der Waals surface area contributed by atoms with Crippen molar-refractivity contribution in [2.45, 2.75) is 13.3 Å². The van der Waals surface area contributed by atoms with Crippen molar-refractivity contribution in [3.8, 4) is 5.75 Å². The number of rotatable bonds is 6. The summed E-state index contributed by atoms with van der Waals surface area (Å²) in [7, 11) is 1.55. The number of amides is 1. The van der Waals surface area contributed by atoms with Crippen LogP contribution in [-0.4, -0.2) is 18.0 Å². The Morgan fingerprint density at radius 3 is 2.83 bits per heavy atom. The Labute approximate surface area is 183 Å². The Morgan fingerprint density at radius 1 is 1.27 bits per heavy atom.